The van der Waals surface area contributed by atoms with Gasteiger partial charge in [0.15, 0.2) is 6.04 Å². The molecule has 6 heteroatoms. The van der Waals surface area contributed by atoms with Crippen LogP contribution in [0, 0.1) is 0 Å². The summed E-state index contributed by atoms with van der Waals surface area (Å²) in [5.74, 6) is -0.504. The van der Waals surface area contributed by atoms with Gasteiger partial charge in [0.25, 0.3) is 0 Å². The number of anilines is 1. The quantitative estimate of drug-likeness (QED) is 0.360. The lowest BCUT2D eigenvalue weighted by Crippen LogP contribution is -2.46. The van der Waals surface area contributed by atoms with Crippen molar-refractivity contribution in [2.45, 2.75) is 45.8 Å². The molecule has 1 atom stereocenters. The Morgan fingerprint density at radius 1 is 1.32 bits per heavy atom. The molecule has 0 spiro atoms. The molecular weight excluding hydrogens is 284 g/mol. The third-order valence-corrected chi connectivity index (χ3v) is 2.76. The third kappa shape index (κ3) is 5.73. The van der Waals surface area contributed by atoms with Crippen LogP contribution in [0.15, 0.2) is 24.3 Å². The standard InChI is InChI=1S/C16H24N2O4/c1-5-21-15(20)14(18(11-19)22-16(2,3)4)10-12-6-8-13(17)9-7-12/h6-9,11,14H,5,10,17H2,1-4H3. The van der Waals surface area contributed by atoms with Crippen LogP contribution >= 0.6 is 0 Å². The summed E-state index contributed by atoms with van der Waals surface area (Å²) in [4.78, 5) is 29.1. The van der Waals surface area contributed by atoms with Crippen LogP contribution in [0.5, 0.6) is 0 Å². The number of rotatable bonds is 7. The summed E-state index contributed by atoms with van der Waals surface area (Å²) in [6.45, 7) is 7.35. The van der Waals surface area contributed by atoms with Crippen LogP contribution < -0.4 is 5.73 Å². The Labute approximate surface area is 131 Å². The summed E-state index contributed by atoms with van der Waals surface area (Å²) >= 11 is 0. The number of esters is 1. The van der Waals surface area contributed by atoms with E-state index in [2.05, 4.69) is 0 Å². The van der Waals surface area contributed by atoms with Crippen LogP contribution in [-0.4, -0.2) is 35.7 Å². The largest absolute Gasteiger partial charge is 0.464 e. The zero-order chi connectivity index (χ0) is 16.8. The van der Waals surface area contributed by atoms with Crippen molar-refractivity contribution in [2.75, 3.05) is 12.3 Å². The summed E-state index contributed by atoms with van der Waals surface area (Å²) in [5, 5.41) is 1.02. The normalized spacial score (nSPS) is 12.5. The van der Waals surface area contributed by atoms with Crippen molar-refractivity contribution in [3.05, 3.63) is 29.8 Å². The van der Waals surface area contributed by atoms with E-state index in [0.29, 0.717) is 12.1 Å². The van der Waals surface area contributed by atoms with Crippen molar-refractivity contribution in [2.24, 2.45) is 0 Å². The SMILES string of the molecule is CCOC(=O)C(Cc1ccc(N)cc1)N(C=O)OC(C)(C)C. The topological polar surface area (TPSA) is 81.9 Å². The van der Waals surface area contributed by atoms with Crippen LogP contribution in [0.3, 0.4) is 0 Å². The zero-order valence-corrected chi connectivity index (χ0v) is 13.5. The summed E-state index contributed by atoms with van der Waals surface area (Å²) < 4.78 is 5.05. The molecule has 0 aromatic heterocycles. The molecule has 0 fully saturated rings. The maximum Gasteiger partial charge on any atom is 0.331 e. The van der Waals surface area contributed by atoms with Gasteiger partial charge >= 0.3 is 5.97 Å². The van der Waals surface area contributed by atoms with Crippen molar-refractivity contribution < 1.29 is 19.2 Å². The Morgan fingerprint density at radius 3 is 2.36 bits per heavy atom. The first-order valence-corrected chi connectivity index (χ1v) is 7.20. The molecule has 6 nitrogen and oxygen atoms in total. The van der Waals surface area contributed by atoms with Gasteiger partial charge in [0.05, 0.1) is 12.2 Å². The predicted molar refractivity (Wildman–Crippen MR) is 83.7 cm³/mol. The summed E-state index contributed by atoms with van der Waals surface area (Å²) in [7, 11) is 0. The van der Waals surface area contributed by atoms with E-state index in [1.807, 2.05) is 12.1 Å². The lowest BCUT2D eigenvalue weighted by Gasteiger charge is -2.31. The number of carbonyl (C=O) groups is 2. The minimum atomic E-state index is -0.847. The Balaban J connectivity index is 2.97. The molecule has 1 aromatic rings. The van der Waals surface area contributed by atoms with E-state index in [-0.39, 0.29) is 13.0 Å². The van der Waals surface area contributed by atoms with Crippen LogP contribution in [0.2, 0.25) is 0 Å². The maximum atomic E-state index is 12.2. The van der Waals surface area contributed by atoms with Gasteiger partial charge in [0.2, 0.25) is 6.41 Å². The van der Waals surface area contributed by atoms with Gasteiger partial charge in [-0.05, 0) is 45.4 Å². The van der Waals surface area contributed by atoms with Crippen molar-refractivity contribution in [3.8, 4) is 0 Å². The Kier molecular flexibility index (Phi) is 6.37. The highest BCUT2D eigenvalue weighted by Crippen LogP contribution is 2.17. The minimum absolute atomic E-state index is 0.235. The smallest absolute Gasteiger partial charge is 0.331 e. The molecule has 0 radical (unpaired) electrons. The fraction of sp³-hybridized carbons (Fsp3) is 0.500. The molecule has 1 rings (SSSR count). The van der Waals surface area contributed by atoms with Gasteiger partial charge in [-0.3, -0.25) is 9.63 Å². The van der Waals surface area contributed by atoms with E-state index >= 15 is 0 Å². The monoisotopic (exact) mass is 308 g/mol. The molecule has 1 aromatic carbocycles. The minimum Gasteiger partial charge on any atom is -0.464 e. The van der Waals surface area contributed by atoms with E-state index in [4.69, 9.17) is 15.3 Å². The van der Waals surface area contributed by atoms with Crippen molar-refractivity contribution >= 4 is 18.1 Å². The Morgan fingerprint density at radius 2 is 1.91 bits per heavy atom. The molecule has 2 N–H and O–H groups in total. The number of hydroxylamine groups is 2. The molecule has 0 heterocycles. The van der Waals surface area contributed by atoms with Gasteiger partial charge in [0, 0.05) is 12.1 Å². The van der Waals surface area contributed by atoms with Crippen LogP contribution in [-0.2, 0) is 25.6 Å². The van der Waals surface area contributed by atoms with Gasteiger partial charge in [-0.15, -0.1) is 0 Å². The molecule has 22 heavy (non-hydrogen) atoms. The van der Waals surface area contributed by atoms with Crippen molar-refractivity contribution in [1.29, 1.82) is 0 Å². The number of nitrogens with zero attached hydrogens (tertiary/aromatic N) is 1. The molecule has 1 amide bonds. The fourth-order valence-corrected chi connectivity index (χ4v) is 1.87. The lowest BCUT2D eigenvalue weighted by molar-refractivity contribution is -0.235. The number of hydrogen-bond donors (Lipinski definition) is 1. The second-order valence-corrected chi connectivity index (χ2v) is 5.88. The summed E-state index contributed by atoms with van der Waals surface area (Å²) in [6, 6.07) is 6.25. The van der Waals surface area contributed by atoms with E-state index in [0.717, 1.165) is 10.6 Å². The number of benzene rings is 1. The number of nitrogens with two attached hydrogens (primary N) is 1. The molecular formula is C16H24N2O4. The number of nitrogen functional groups attached to an aromatic ring is 1. The number of ether oxygens (including phenoxy) is 1. The predicted octanol–water partition coefficient (Wildman–Crippen LogP) is 1.93. The molecule has 0 saturated carbocycles. The Hall–Kier alpha value is -2.08. The van der Waals surface area contributed by atoms with Gasteiger partial charge in [-0.25, -0.2) is 9.86 Å². The fourth-order valence-electron chi connectivity index (χ4n) is 1.87. The van der Waals surface area contributed by atoms with E-state index in [9.17, 15) is 9.59 Å². The zero-order valence-electron chi connectivity index (χ0n) is 13.5. The van der Waals surface area contributed by atoms with Crippen molar-refractivity contribution in [3.63, 3.8) is 0 Å². The molecule has 0 saturated heterocycles. The second kappa shape index (κ2) is 7.79. The van der Waals surface area contributed by atoms with Gasteiger partial charge in [0.1, 0.15) is 0 Å². The third-order valence-electron chi connectivity index (χ3n) is 2.76. The maximum absolute atomic E-state index is 12.2. The first-order chi connectivity index (χ1) is 10.3. The average molecular weight is 308 g/mol. The number of hydrogen-bond acceptors (Lipinski definition) is 5. The van der Waals surface area contributed by atoms with Crippen LogP contribution in [0.25, 0.3) is 0 Å². The number of amides is 1. The summed E-state index contributed by atoms with van der Waals surface area (Å²) in [5.41, 5.74) is 6.54. The van der Waals surface area contributed by atoms with Crippen LogP contribution in [0.1, 0.15) is 33.3 Å². The highest BCUT2D eigenvalue weighted by Gasteiger charge is 2.30. The average Bonchev–Trinajstić information content (AvgIpc) is 2.43. The van der Waals surface area contributed by atoms with E-state index in [1.54, 1.807) is 39.8 Å². The van der Waals surface area contributed by atoms with Gasteiger partial charge in [-0.2, -0.15) is 0 Å². The van der Waals surface area contributed by atoms with Gasteiger partial charge < -0.3 is 10.5 Å². The first-order valence-electron chi connectivity index (χ1n) is 7.20. The second-order valence-electron chi connectivity index (χ2n) is 5.88. The highest BCUT2D eigenvalue weighted by atomic mass is 16.7. The molecule has 0 bridgehead atoms. The highest BCUT2D eigenvalue weighted by molar-refractivity contribution is 5.78. The van der Waals surface area contributed by atoms with E-state index in [1.165, 1.54) is 0 Å². The van der Waals surface area contributed by atoms with Crippen molar-refractivity contribution in [1.82, 2.24) is 5.06 Å². The number of carbonyl (C=O) groups excluding carboxylic acids is 2. The molecule has 0 aliphatic heterocycles. The van der Waals surface area contributed by atoms with Crippen LogP contribution in [0.4, 0.5) is 5.69 Å². The Bertz CT molecular complexity index is 494. The molecule has 0 aliphatic carbocycles. The molecule has 122 valence electrons. The molecule has 1 unspecified atom stereocenters. The first kappa shape index (κ1) is 18.0. The lowest BCUT2D eigenvalue weighted by atomic mass is 10.1. The van der Waals surface area contributed by atoms with E-state index < -0.39 is 17.6 Å². The summed E-state index contributed by atoms with van der Waals surface area (Å²) in [6.07, 6.45) is 0.790. The van der Waals surface area contributed by atoms with Gasteiger partial charge in [-0.1, -0.05) is 12.1 Å². The molecule has 0 aliphatic rings.